The molecule has 5 heteroatoms. The van der Waals surface area contributed by atoms with Gasteiger partial charge in [0, 0.05) is 12.1 Å². The summed E-state index contributed by atoms with van der Waals surface area (Å²) in [6, 6.07) is 1.18. The fourth-order valence-corrected chi connectivity index (χ4v) is 3.55. The molecule has 0 aromatic heterocycles. The van der Waals surface area contributed by atoms with Gasteiger partial charge in [0.15, 0.2) is 11.6 Å². The molecule has 0 saturated carbocycles. The van der Waals surface area contributed by atoms with Crippen molar-refractivity contribution in [2.75, 3.05) is 6.54 Å². The monoisotopic (exact) mass is 341 g/mol. The van der Waals surface area contributed by atoms with Gasteiger partial charge in [-0.1, -0.05) is 0 Å². The summed E-state index contributed by atoms with van der Waals surface area (Å²) in [4.78, 5) is 12.0. The number of hydrogen-bond donors (Lipinski definition) is 1. The molecule has 0 radical (unpaired) electrons. The minimum atomic E-state index is -0.889. The molecule has 1 heterocycles. The van der Waals surface area contributed by atoms with Crippen LogP contribution in [0.25, 0.3) is 6.08 Å². The molecule has 2 bridgehead atoms. The Hall–Kier alpha value is -1.23. The first-order valence-corrected chi connectivity index (χ1v) is 7.50. The highest BCUT2D eigenvalue weighted by molar-refractivity contribution is 9.10. The summed E-state index contributed by atoms with van der Waals surface area (Å²) >= 11 is 3.16. The van der Waals surface area contributed by atoms with E-state index in [1.807, 2.05) is 0 Å². The highest BCUT2D eigenvalue weighted by Crippen LogP contribution is 2.36. The van der Waals surface area contributed by atoms with Crippen LogP contribution in [-0.4, -0.2) is 12.5 Å². The van der Waals surface area contributed by atoms with E-state index >= 15 is 0 Å². The van der Waals surface area contributed by atoms with Gasteiger partial charge in [0.1, 0.15) is 0 Å². The van der Waals surface area contributed by atoms with Gasteiger partial charge in [0.05, 0.1) is 4.47 Å². The molecule has 1 aliphatic heterocycles. The van der Waals surface area contributed by atoms with E-state index in [-0.39, 0.29) is 10.4 Å². The van der Waals surface area contributed by atoms with Crippen LogP contribution < -0.4 is 5.32 Å². The molecule has 1 amide bonds. The van der Waals surface area contributed by atoms with Crippen LogP contribution in [0.4, 0.5) is 8.78 Å². The van der Waals surface area contributed by atoms with Gasteiger partial charge < -0.3 is 5.32 Å². The molecule has 1 N–H and O–H groups in total. The molecular formula is C15H14BrF2NO. The second-order valence-corrected chi connectivity index (χ2v) is 6.19. The zero-order chi connectivity index (χ0) is 14.3. The molecule has 3 rings (SSSR count). The number of hydrogen-bond acceptors (Lipinski definition) is 1. The molecule has 1 atom stereocenters. The van der Waals surface area contributed by atoms with Crippen molar-refractivity contribution in [1.82, 2.24) is 5.32 Å². The topological polar surface area (TPSA) is 29.1 Å². The van der Waals surface area contributed by atoms with Gasteiger partial charge in [-0.3, -0.25) is 4.79 Å². The average Bonchev–Trinajstić information content (AvgIpc) is 2.60. The molecule has 1 saturated heterocycles. The van der Waals surface area contributed by atoms with E-state index in [4.69, 9.17) is 0 Å². The van der Waals surface area contributed by atoms with Crippen LogP contribution in [0.5, 0.6) is 0 Å². The van der Waals surface area contributed by atoms with Crippen LogP contribution in [0.2, 0.25) is 0 Å². The number of nitrogens with one attached hydrogen (secondary N) is 1. The smallest absolute Gasteiger partial charge is 0.247 e. The third-order valence-corrected chi connectivity index (χ3v) is 4.82. The maximum absolute atomic E-state index is 13.7. The molecule has 20 heavy (non-hydrogen) atoms. The van der Waals surface area contributed by atoms with Crippen molar-refractivity contribution in [3.8, 4) is 0 Å². The van der Waals surface area contributed by atoms with E-state index < -0.39 is 11.6 Å². The van der Waals surface area contributed by atoms with Crippen LogP contribution in [0.15, 0.2) is 16.1 Å². The molecule has 1 aromatic rings. The van der Waals surface area contributed by atoms with Gasteiger partial charge in [0.25, 0.3) is 0 Å². The second kappa shape index (κ2) is 5.28. The Bertz CT molecular complexity index is 612. The minimum absolute atomic E-state index is 0.0941. The third kappa shape index (κ3) is 2.39. The lowest BCUT2D eigenvalue weighted by Crippen LogP contribution is -2.29. The van der Waals surface area contributed by atoms with Crippen LogP contribution in [-0.2, 0) is 11.2 Å². The lowest BCUT2D eigenvalue weighted by atomic mass is 9.89. The van der Waals surface area contributed by atoms with Crippen molar-refractivity contribution in [3.05, 3.63) is 38.9 Å². The summed E-state index contributed by atoms with van der Waals surface area (Å²) in [5.74, 6) is -1.53. The largest absolute Gasteiger partial charge is 0.352 e. The zero-order valence-electron chi connectivity index (χ0n) is 10.8. The van der Waals surface area contributed by atoms with E-state index in [1.165, 1.54) is 6.07 Å². The van der Waals surface area contributed by atoms with Crippen molar-refractivity contribution < 1.29 is 13.6 Å². The Kier molecular flexibility index (Phi) is 3.63. The fraction of sp³-hybridized carbons (Fsp3) is 0.400. The summed E-state index contributed by atoms with van der Waals surface area (Å²) in [6.45, 7) is 0.660. The number of rotatable bonds is 0. The summed E-state index contributed by atoms with van der Waals surface area (Å²) in [5.41, 5.74) is 2.02. The molecule has 0 spiro atoms. The number of carbonyl (C=O) groups is 1. The lowest BCUT2D eigenvalue weighted by molar-refractivity contribution is -0.117. The second-order valence-electron chi connectivity index (χ2n) is 5.40. The Morgan fingerprint density at radius 3 is 2.90 bits per heavy atom. The number of halogens is 3. The number of fused-ring (bicyclic) bond motifs is 3. The Labute approximate surface area is 124 Å². The Morgan fingerprint density at radius 2 is 2.10 bits per heavy atom. The van der Waals surface area contributed by atoms with E-state index in [0.29, 0.717) is 36.4 Å². The van der Waals surface area contributed by atoms with E-state index in [1.54, 1.807) is 6.08 Å². The van der Waals surface area contributed by atoms with E-state index in [0.717, 1.165) is 18.4 Å². The van der Waals surface area contributed by atoms with Crippen LogP contribution in [0.3, 0.4) is 0 Å². The predicted molar refractivity (Wildman–Crippen MR) is 76.1 cm³/mol. The maximum Gasteiger partial charge on any atom is 0.247 e. The van der Waals surface area contributed by atoms with Gasteiger partial charge in [-0.25, -0.2) is 8.78 Å². The van der Waals surface area contributed by atoms with Crippen molar-refractivity contribution >= 4 is 27.9 Å². The van der Waals surface area contributed by atoms with Crippen LogP contribution >= 0.6 is 15.9 Å². The number of carbonyl (C=O) groups excluding carboxylic acids is 1. The van der Waals surface area contributed by atoms with Crippen molar-refractivity contribution in [3.63, 3.8) is 0 Å². The molecule has 1 aromatic carbocycles. The van der Waals surface area contributed by atoms with Crippen molar-refractivity contribution in [2.24, 2.45) is 5.92 Å². The van der Waals surface area contributed by atoms with Gasteiger partial charge >= 0.3 is 0 Å². The summed E-state index contributed by atoms with van der Waals surface area (Å²) in [6.07, 6.45) is 4.92. The minimum Gasteiger partial charge on any atom is -0.352 e. The fourth-order valence-electron chi connectivity index (χ4n) is 2.97. The normalized spacial score (nSPS) is 22.1. The van der Waals surface area contributed by atoms with E-state index in [9.17, 15) is 13.6 Å². The number of amides is 1. The first kappa shape index (κ1) is 13.7. The molecule has 2 nitrogen and oxygen atoms in total. The van der Waals surface area contributed by atoms with E-state index in [2.05, 4.69) is 21.2 Å². The van der Waals surface area contributed by atoms with Crippen LogP contribution in [0, 0.1) is 17.6 Å². The van der Waals surface area contributed by atoms with Crippen molar-refractivity contribution in [1.29, 1.82) is 0 Å². The van der Waals surface area contributed by atoms with Crippen LogP contribution in [0.1, 0.15) is 30.4 Å². The zero-order valence-corrected chi connectivity index (χ0v) is 12.4. The Balaban J connectivity index is 2.15. The third-order valence-electron chi connectivity index (χ3n) is 4.00. The summed E-state index contributed by atoms with van der Waals surface area (Å²) < 4.78 is 27.5. The highest BCUT2D eigenvalue weighted by atomic mass is 79.9. The predicted octanol–water partition coefficient (Wildman–Crippen LogP) is 3.58. The number of benzene rings is 1. The van der Waals surface area contributed by atoms with Gasteiger partial charge in [-0.05, 0) is 70.8 Å². The van der Waals surface area contributed by atoms with Gasteiger partial charge in [-0.15, -0.1) is 0 Å². The average molecular weight is 342 g/mol. The maximum atomic E-state index is 13.7. The van der Waals surface area contributed by atoms with Gasteiger partial charge in [0.2, 0.25) is 5.91 Å². The standard InChI is InChI=1S/C15H14BrF2NO/c16-13-11-5-8-2-1-3-19-15(20)10(4-8)6-9(11)7-12(17)14(13)18/h6-8H,1-5H2,(H,19,20). The SMILES string of the molecule is O=C1NCCCC2CC1=Cc1cc(F)c(F)c(Br)c1C2. The molecule has 1 aliphatic carbocycles. The summed E-state index contributed by atoms with van der Waals surface area (Å²) in [5, 5.41) is 2.85. The summed E-state index contributed by atoms with van der Waals surface area (Å²) in [7, 11) is 0. The molecule has 2 aliphatic rings. The quantitative estimate of drug-likeness (QED) is 0.718. The van der Waals surface area contributed by atoms with Crippen molar-refractivity contribution in [2.45, 2.75) is 25.7 Å². The molecule has 1 unspecified atom stereocenters. The molecule has 1 fully saturated rings. The molecular weight excluding hydrogens is 328 g/mol. The first-order valence-electron chi connectivity index (χ1n) is 6.71. The highest BCUT2D eigenvalue weighted by Gasteiger charge is 2.26. The molecule has 106 valence electrons. The first-order chi connectivity index (χ1) is 9.56. The Morgan fingerprint density at radius 1 is 1.30 bits per heavy atom. The lowest BCUT2D eigenvalue weighted by Gasteiger charge is -2.20. The van der Waals surface area contributed by atoms with Gasteiger partial charge in [-0.2, -0.15) is 0 Å².